The van der Waals surface area contributed by atoms with Crippen molar-refractivity contribution in [2.75, 3.05) is 5.32 Å². The maximum atomic E-state index is 14.3. The lowest BCUT2D eigenvalue weighted by molar-refractivity contribution is -0.134. The molecule has 1 N–H and O–H groups in total. The van der Waals surface area contributed by atoms with Gasteiger partial charge in [-0.3, -0.25) is 4.79 Å². The number of esters is 1. The van der Waals surface area contributed by atoms with Crippen molar-refractivity contribution >= 4 is 17.6 Å². The topological polar surface area (TPSA) is 55.4 Å². The summed E-state index contributed by atoms with van der Waals surface area (Å²) in [5.41, 5.74) is -0.140. The molecule has 4 rings (SSSR count). The third kappa shape index (κ3) is 2.97. The molecular weight excluding hydrogens is 345 g/mol. The molecular formula is C22H16FNO3. The number of fused-ring (bicyclic) bond motifs is 1. The van der Waals surface area contributed by atoms with E-state index in [4.69, 9.17) is 4.74 Å². The normalized spacial score (nSPS) is 17.9. The van der Waals surface area contributed by atoms with Crippen LogP contribution in [-0.4, -0.2) is 11.9 Å². The summed E-state index contributed by atoms with van der Waals surface area (Å²) in [6.45, 7) is 0. The van der Waals surface area contributed by atoms with E-state index in [0.717, 1.165) is 5.56 Å². The average molecular weight is 361 g/mol. The Hall–Kier alpha value is -3.47. The van der Waals surface area contributed by atoms with Crippen LogP contribution in [0.1, 0.15) is 21.5 Å². The number of nitrogens with one attached hydrogen (secondary N) is 1. The van der Waals surface area contributed by atoms with Crippen LogP contribution in [0.2, 0.25) is 0 Å². The number of hydrogen-bond donors (Lipinski definition) is 1. The summed E-state index contributed by atoms with van der Waals surface area (Å²) >= 11 is 0. The summed E-state index contributed by atoms with van der Waals surface area (Å²) in [6.07, 6.45) is 0.106. The minimum atomic E-state index is -1.63. The Balaban J connectivity index is 1.81. The molecule has 5 heteroatoms. The number of carbonyl (C=O) groups is 2. The summed E-state index contributed by atoms with van der Waals surface area (Å²) in [4.78, 5) is 25.7. The SMILES string of the molecule is O=C(O[C@]1(Cc2ccccc2)C(=O)Nc2c(F)cccc21)c1ccccc1. The highest BCUT2D eigenvalue weighted by molar-refractivity contribution is 6.07. The zero-order valence-electron chi connectivity index (χ0n) is 14.3. The van der Waals surface area contributed by atoms with Gasteiger partial charge in [-0.1, -0.05) is 60.7 Å². The minimum Gasteiger partial charge on any atom is -0.440 e. The fraction of sp³-hybridized carbons (Fsp3) is 0.0909. The lowest BCUT2D eigenvalue weighted by atomic mass is 9.87. The number of para-hydroxylation sites is 1. The van der Waals surface area contributed by atoms with E-state index in [1.807, 2.05) is 30.3 Å². The number of hydrogen-bond acceptors (Lipinski definition) is 3. The molecule has 0 aliphatic carbocycles. The van der Waals surface area contributed by atoms with Gasteiger partial charge in [0.2, 0.25) is 5.60 Å². The molecule has 0 saturated carbocycles. The number of halogens is 1. The monoisotopic (exact) mass is 361 g/mol. The molecule has 1 aliphatic rings. The van der Waals surface area contributed by atoms with Gasteiger partial charge in [-0.2, -0.15) is 0 Å². The summed E-state index contributed by atoms with van der Waals surface area (Å²) in [7, 11) is 0. The first kappa shape index (κ1) is 17.0. The fourth-order valence-electron chi connectivity index (χ4n) is 3.31. The van der Waals surface area contributed by atoms with Gasteiger partial charge in [0, 0.05) is 12.0 Å². The Labute approximate surface area is 155 Å². The number of anilines is 1. The molecule has 0 radical (unpaired) electrons. The predicted molar refractivity (Wildman–Crippen MR) is 98.7 cm³/mol. The predicted octanol–water partition coefficient (Wildman–Crippen LogP) is 4.07. The van der Waals surface area contributed by atoms with Crippen LogP contribution in [0, 0.1) is 5.82 Å². The van der Waals surface area contributed by atoms with E-state index in [9.17, 15) is 14.0 Å². The van der Waals surface area contributed by atoms with E-state index in [1.165, 1.54) is 12.1 Å². The van der Waals surface area contributed by atoms with Gasteiger partial charge in [0.05, 0.1) is 11.3 Å². The number of benzene rings is 3. The second kappa shape index (κ2) is 6.68. The van der Waals surface area contributed by atoms with Crippen molar-refractivity contribution in [1.82, 2.24) is 0 Å². The minimum absolute atomic E-state index is 0.0549. The highest BCUT2D eigenvalue weighted by atomic mass is 19.1. The van der Waals surface area contributed by atoms with Crippen molar-refractivity contribution in [2.45, 2.75) is 12.0 Å². The van der Waals surface area contributed by atoms with E-state index >= 15 is 0 Å². The van der Waals surface area contributed by atoms with Crippen molar-refractivity contribution in [3.8, 4) is 0 Å². The number of amides is 1. The van der Waals surface area contributed by atoms with Crippen molar-refractivity contribution in [2.24, 2.45) is 0 Å². The molecule has 0 aromatic heterocycles. The number of ether oxygens (including phenoxy) is 1. The van der Waals surface area contributed by atoms with E-state index in [1.54, 1.807) is 36.4 Å². The van der Waals surface area contributed by atoms with Gasteiger partial charge in [-0.05, 0) is 23.8 Å². The zero-order valence-corrected chi connectivity index (χ0v) is 14.3. The van der Waals surface area contributed by atoms with Crippen molar-refractivity contribution in [3.05, 3.63) is 101 Å². The Morgan fingerprint density at radius 3 is 2.30 bits per heavy atom. The van der Waals surface area contributed by atoms with E-state index in [0.29, 0.717) is 11.1 Å². The largest absolute Gasteiger partial charge is 0.440 e. The third-order valence-corrected chi connectivity index (χ3v) is 4.63. The van der Waals surface area contributed by atoms with Gasteiger partial charge in [-0.15, -0.1) is 0 Å². The van der Waals surface area contributed by atoms with Gasteiger partial charge >= 0.3 is 5.97 Å². The average Bonchev–Trinajstić information content (AvgIpc) is 2.96. The summed E-state index contributed by atoms with van der Waals surface area (Å²) in [6, 6.07) is 22.0. The van der Waals surface area contributed by atoms with E-state index in [2.05, 4.69) is 5.32 Å². The van der Waals surface area contributed by atoms with Crippen LogP contribution in [0.5, 0.6) is 0 Å². The van der Waals surface area contributed by atoms with Crippen molar-refractivity contribution < 1.29 is 18.7 Å². The maximum absolute atomic E-state index is 14.3. The lowest BCUT2D eigenvalue weighted by Crippen LogP contribution is -2.41. The summed E-state index contributed by atoms with van der Waals surface area (Å²) in [5, 5.41) is 2.54. The van der Waals surface area contributed by atoms with Crippen LogP contribution in [-0.2, 0) is 21.6 Å². The van der Waals surface area contributed by atoms with Crippen LogP contribution < -0.4 is 5.32 Å². The molecule has 134 valence electrons. The van der Waals surface area contributed by atoms with Gasteiger partial charge in [0.25, 0.3) is 5.91 Å². The zero-order chi connectivity index (χ0) is 18.9. The molecule has 1 amide bonds. The van der Waals surface area contributed by atoms with Crippen LogP contribution in [0.25, 0.3) is 0 Å². The van der Waals surface area contributed by atoms with E-state index < -0.39 is 23.3 Å². The van der Waals surface area contributed by atoms with Crippen LogP contribution in [0.3, 0.4) is 0 Å². The number of carbonyl (C=O) groups excluding carboxylic acids is 2. The molecule has 1 atom stereocenters. The standard InChI is InChI=1S/C22H16FNO3/c23-18-13-7-12-17-19(18)24-21(26)22(17,14-15-8-3-1-4-9-15)27-20(25)16-10-5-2-6-11-16/h1-13H,14H2,(H,24,26)/t22-/m0/s1. The van der Waals surface area contributed by atoms with Crippen LogP contribution in [0.4, 0.5) is 10.1 Å². The Morgan fingerprint density at radius 2 is 1.59 bits per heavy atom. The molecule has 0 unspecified atom stereocenters. The van der Waals surface area contributed by atoms with Crippen LogP contribution in [0.15, 0.2) is 78.9 Å². The first-order valence-corrected chi connectivity index (χ1v) is 8.53. The first-order chi connectivity index (χ1) is 13.1. The molecule has 1 aliphatic heterocycles. The molecule has 0 bridgehead atoms. The Morgan fingerprint density at radius 1 is 0.926 bits per heavy atom. The molecule has 4 nitrogen and oxygen atoms in total. The summed E-state index contributed by atoms with van der Waals surface area (Å²) in [5.74, 6) is -1.76. The molecule has 27 heavy (non-hydrogen) atoms. The maximum Gasteiger partial charge on any atom is 0.339 e. The van der Waals surface area contributed by atoms with Crippen LogP contribution >= 0.6 is 0 Å². The van der Waals surface area contributed by atoms with Gasteiger partial charge < -0.3 is 10.1 Å². The molecule has 1 heterocycles. The van der Waals surface area contributed by atoms with Crippen molar-refractivity contribution in [1.29, 1.82) is 0 Å². The quantitative estimate of drug-likeness (QED) is 0.713. The first-order valence-electron chi connectivity index (χ1n) is 8.53. The Bertz CT molecular complexity index is 1000. The Kier molecular flexibility index (Phi) is 4.20. The molecule has 0 saturated heterocycles. The third-order valence-electron chi connectivity index (χ3n) is 4.63. The van der Waals surface area contributed by atoms with E-state index in [-0.39, 0.29) is 12.1 Å². The highest BCUT2D eigenvalue weighted by Crippen LogP contribution is 2.43. The lowest BCUT2D eigenvalue weighted by Gasteiger charge is -2.28. The van der Waals surface area contributed by atoms with Gasteiger partial charge in [-0.25, -0.2) is 9.18 Å². The molecule has 3 aromatic carbocycles. The molecule has 0 fully saturated rings. The highest BCUT2D eigenvalue weighted by Gasteiger charge is 2.51. The number of rotatable bonds is 4. The second-order valence-corrected chi connectivity index (χ2v) is 6.36. The fourth-order valence-corrected chi connectivity index (χ4v) is 3.31. The van der Waals surface area contributed by atoms with Gasteiger partial charge in [0.1, 0.15) is 5.82 Å². The van der Waals surface area contributed by atoms with Crippen molar-refractivity contribution in [3.63, 3.8) is 0 Å². The van der Waals surface area contributed by atoms with Gasteiger partial charge in [0.15, 0.2) is 0 Å². The molecule has 0 spiro atoms. The smallest absolute Gasteiger partial charge is 0.339 e. The summed E-state index contributed by atoms with van der Waals surface area (Å²) < 4.78 is 20.0. The molecule has 3 aromatic rings. The second-order valence-electron chi connectivity index (χ2n) is 6.36.